The molecule has 4 heterocycles. The minimum atomic E-state index is 0.327. The Morgan fingerprint density at radius 3 is 1.67 bits per heavy atom. The molecular weight excluding hydrogens is 847 g/mol. The first-order valence-corrected chi connectivity index (χ1v) is 24.6. The maximum atomic E-state index is 6.98. The van der Waals surface area contributed by atoms with Crippen molar-refractivity contribution in [2.45, 2.75) is 43.9 Å². The second kappa shape index (κ2) is 14.0. The van der Waals surface area contributed by atoms with Gasteiger partial charge in [0.25, 0.3) is 0 Å². The first-order chi connectivity index (χ1) is 34.1. The third kappa shape index (κ3) is 5.63. The number of nitrogens with zero attached hydrogens (tertiary/aromatic N) is 3. The van der Waals surface area contributed by atoms with E-state index >= 15 is 0 Å². The van der Waals surface area contributed by atoms with E-state index in [4.69, 9.17) is 28.2 Å². The standard InChI is InChI=1S/C63H43N3O3/c1-3-11-44-39(9-1)20-24-54-56(44)57-45-12-4-2-10-40(45)28-51(59(57)69-54)62-65-60(41-19-23-48-46-13-5-7-15-52(46)67-55(48)31-41)64-61(66-62)50-30-42(29-49-47-14-6-8-16-53(47)68-58(49)50)38-17-21-43(22-18-38)63-32-35-25-36(33-63)27-37(26-35)34-63/h1-24,28-31,35-37H,25-27,32-34H2. The highest BCUT2D eigenvalue weighted by Crippen LogP contribution is 2.61. The minimum absolute atomic E-state index is 0.327. The number of fused-ring (bicyclic) bond motifs is 13. The summed E-state index contributed by atoms with van der Waals surface area (Å²) in [7, 11) is 0. The highest BCUT2D eigenvalue weighted by Gasteiger charge is 2.51. The van der Waals surface area contributed by atoms with Crippen LogP contribution in [0.1, 0.15) is 44.1 Å². The van der Waals surface area contributed by atoms with Crippen molar-refractivity contribution in [1.82, 2.24) is 15.0 Å². The maximum absolute atomic E-state index is 6.98. The fourth-order valence-electron chi connectivity index (χ4n) is 13.8. The normalized spacial score (nSPS) is 20.0. The summed E-state index contributed by atoms with van der Waals surface area (Å²) < 4.78 is 20.3. The molecule has 0 spiro atoms. The smallest absolute Gasteiger partial charge is 0.167 e. The third-order valence-electron chi connectivity index (χ3n) is 16.5. The van der Waals surface area contributed by atoms with Gasteiger partial charge in [0.1, 0.15) is 33.5 Å². The summed E-state index contributed by atoms with van der Waals surface area (Å²) in [6.45, 7) is 0. The van der Waals surface area contributed by atoms with Gasteiger partial charge in [-0.05, 0) is 148 Å². The largest absolute Gasteiger partial charge is 0.456 e. The summed E-state index contributed by atoms with van der Waals surface area (Å²) in [6, 6.07) is 60.3. The van der Waals surface area contributed by atoms with Gasteiger partial charge in [0.15, 0.2) is 17.5 Å². The average Bonchev–Trinajstić information content (AvgIpc) is 4.09. The van der Waals surface area contributed by atoms with Crippen LogP contribution in [0.15, 0.2) is 183 Å². The van der Waals surface area contributed by atoms with Gasteiger partial charge >= 0.3 is 0 Å². The molecule has 0 aliphatic heterocycles. The van der Waals surface area contributed by atoms with Gasteiger partial charge < -0.3 is 13.3 Å². The molecule has 0 saturated heterocycles. The molecule has 328 valence electrons. The third-order valence-corrected chi connectivity index (χ3v) is 16.5. The molecule has 6 heteroatoms. The molecule has 13 aromatic rings. The Balaban J connectivity index is 0.944. The monoisotopic (exact) mass is 889 g/mol. The summed E-state index contributed by atoms with van der Waals surface area (Å²) in [4.78, 5) is 16.3. The minimum Gasteiger partial charge on any atom is -0.456 e. The fraction of sp³-hybridized carbons (Fsp3) is 0.159. The number of benzene rings is 9. The van der Waals surface area contributed by atoms with Gasteiger partial charge in [0.05, 0.1) is 11.1 Å². The quantitative estimate of drug-likeness (QED) is 0.171. The summed E-state index contributed by atoms with van der Waals surface area (Å²) in [5.74, 6) is 4.22. The van der Waals surface area contributed by atoms with Crippen LogP contribution in [0, 0.1) is 17.8 Å². The SMILES string of the molecule is c1ccc2c(c1)ccc1oc3c(-c4nc(-c5ccc6c(c5)oc5ccccc56)nc(-c5cc(-c6ccc(C78CC9CC(CC(C9)C7)C8)cc6)cc6c5oc5ccccc56)n4)cc4ccccc4c3c12. The van der Waals surface area contributed by atoms with Gasteiger partial charge in [-0.2, -0.15) is 0 Å². The molecule has 4 aromatic heterocycles. The average molecular weight is 890 g/mol. The van der Waals surface area contributed by atoms with Crippen LogP contribution in [0.4, 0.5) is 0 Å². The van der Waals surface area contributed by atoms with E-state index in [1.807, 2.05) is 30.3 Å². The maximum Gasteiger partial charge on any atom is 0.167 e. The summed E-state index contributed by atoms with van der Waals surface area (Å²) >= 11 is 0. The number of aromatic nitrogens is 3. The molecule has 6 nitrogen and oxygen atoms in total. The second-order valence-corrected chi connectivity index (χ2v) is 20.5. The summed E-state index contributed by atoms with van der Waals surface area (Å²) in [5.41, 5.74) is 11.2. The number of rotatable bonds is 5. The van der Waals surface area contributed by atoms with Crippen LogP contribution in [0.25, 0.3) is 133 Å². The van der Waals surface area contributed by atoms with Crippen molar-refractivity contribution in [2.24, 2.45) is 17.8 Å². The number of hydrogen-bond donors (Lipinski definition) is 0. The molecule has 4 bridgehead atoms. The molecule has 69 heavy (non-hydrogen) atoms. The highest BCUT2D eigenvalue weighted by molar-refractivity contribution is 6.28. The lowest BCUT2D eigenvalue weighted by atomic mass is 9.48. The van der Waals surface area contributed by atoms with E-state index in [1.54, 1.807) is 0 Å². The van der Waals surface area contributed by atoms with E-state index in [1.165, 1.54) is 44.1 Å². The molecule has 4 saturated carbocycles. The molecular formula is C63H43N3O3. The van der Waals surface area contributed by atoms with Crippen LogP contribution in [0.5, 0.6) is 0 Å². The Morgan fingerprint density at radius 1 is 0.362 bits per heavy atom. The van der Waals surface area contributed by atoms with Gasteiger partial charge in [-0.3, -0.25) is 0 Å². The van der Waals surface area contributed by atoms with Crippen LogP contribution >= 0.6 is 0 Å². The highest BCUT2D eigenvalue weighted by atomic mass is 16.3. The number of furan rings is 3. The molecule has 0 unspecified atom stereocenters. The molecule has 4 aliphatic rings. The van der Waals surface area contributed by atoms with Gasteiger partial charge in [-0.1, -0.05) is 121 Å². The molecule has 4 fully saturated rings. The van der Waals surface area contributed by atoms with Crippen molar-refractivity contribution in [3.05, 3.63) is 175 Å². The van der Waals surface area contributed by atoms with Gasteiger partial charge in [-0.15, -0.1) is 0 Å². The van der Waals surface area contributed by atoms with Crippen LogP contribution in [0.2, 0.25) is 0 Å². The predicted molar refractivity (Wildman–Crippen MR) is 278 cm³/mol. The van der Waals surface area contributed by atoms with Crippen molar-refractivity contribution < 1.29 is 13.3 Å². The van der Waals surface area contributed by atoms with Crippen molar-refractivity contribution in [3.8, 4) is 45.3 Å². The number of para-hydroxylation sites is 2. The Kier molecular flexibility index (Phi) is 7.69. The molecule has 9 aromatic carbocycles. The lowest BCUT2D eigenvalue weighted by Gasteiger charge is -2.57. The lowest BCUT2D eigenvalue weighted by molar-refractivity contribution is -0.00518. The molecule has 17 rings (SSSR count). The van der Waals surface area contributed by atoms with Crippen LogP contribution in [0.3, 0.4) is 0 Å². The van der Waals surface area contributed by atoms with Crippen molar-refractivity contribution >= 4 is 87.4 Å². The Bertz CT molecular complexity index is 4270. The van der Waals surface area contributed by atoms with Crippen molar-refractivity contribution in [1.29, 1.82) is 0 Å². The molecule has 0 radical (unpaired) electrons. The zero-order chi connectivity index (χ0) is 45.0. The van der Waals surface area contributed by atoms with E-state index in [0.29, 0.717) is 22.9 Å². The van der Waals surface area contributed by atoms with Gasteiger partial charge in [0.2, 0.25) is 0 Å². The molecule has 4 aliphatic carbocycles. The first-order valence-electron chi connectivity index (χ1n) is 24.6. The topological polar surface area (TPSA) is 78.1 Å². The Labute approximate surface area is 396 Å². The first kappa shape index (κ1) is 37.9. The predicted octanol–water partition coefficient (Wildman–Crippen LogP) is 17.0. The van der Waals surface area contributed by atoms with E-state index in [-0.39, 0.29) is 0 Å². The second-order valence-electron chi connectivity index (χ2n) is 20.5. The van der Waals surface area contributed by atoms with Gasteiger partial charge in [-0.25, -0.2) is 15.0 Å². The van der Waals surface area contributed by atoms with Crippen LogP contribution in [-0.2, 0) is 5.41 Å². The zero-order valence-electron chi connectivity index (χ0n) is 37.7. The summed E-state index contributed by atoms with van der Waals surface area (Å²) in [5, 5.41) is 10.8. The van der Waals surface area contributed by atoms with Crippen LogP contribution in [-0.4, -0.2) is 15.0 Å². The van der Waals surface area contributed by atoms with Crippen LogP contribution < -0.4 is 0 Å². The molecule has 0 N–H and O–H groups in total. The lowest BCUT2D eigenvalue weighted by Crippen LogP contribution is -2.48. The molecule has 0 amide bonds. The van der Waals surface area contributed by atoms with Gasteiger partial charge in [0, 0.05) is 37.9 Å². The van der Waals surface area contributed by atoms with E-state index in [9.17, 15) is 0 Å². The van der Waals surface area contributed by atoms with Crippen molar-refractivity contribution in [3.63, 3.8) is 0 Å². The fourth-order valence-corrected chi connectivity index (χ4v) is 13.8. The Morgan fingerprint density at radius 2 is 0.928 bits per heavy atom. The molecule has 0 atom stereocenters. The van der Waals surface area contributed by atoms with E-state index in [0.717, 1.165) is 133 Å². The van der Waals surface area contributed by atoms with Crippen molar-refractivity contribution in [2.75, 3.05) is 0 Å². The summed E-state index contributed by atoms with van der Waals surface area (Å²) in [6.07, 6.45) is 8.35. The Hall–Kier alpha value is -8.09. The zero-order valence-corrected chi connectivity index (χ0v) is 37.7. The van der Waals surface area contributed by atoms with E-state index < -0.39 is 0 Å². The number of hydrogen-bond acceptors (Lipinski definition) is 6. The van der Waals surface area contributed by atoms with E-state index in [2.05, 4.69) is 140 Å².